The zero-order chi connectivity index (χ0) is 24.1. The number of carbonyl (C=O) groups is 2. The predicted octanol–water partition coefficient (Wildman–Crippen LogP) is 3.09. The molecule has 3 aliphatic rings. The van der Waals surface area contributed by atoms with E-state index in [1.165, 1.54) is 11.1 Å². The first-order valence-electron chi connectivity index (χ1n) is 11.0. The number of alkyl halides is 3. The Hall–Kier alpha value is -3.05. The molecule has 3 fully saturated rings. The molecule has 1 spiro atoms. The topological polar surface area (TPSA) is 68.8 Å². The molecule has 11 heteroatoms. The number of rotatable bonds is 4. The molecule has 2 aliphatic heterocycles. The lowest BCUT2D eigenvalue weighted by Crippen LogP contribution is -2.55. The van der Waals surface area contributed by atoms with Crippen LogP contribution in [0.1, 0.15) is 30.4 Å². The Bertz CT molecular complexity index is 1150. The van der Waals surface area contributed by atoms with Gasteiger partial charge in [-0.05, 0) is 55.2 Å². The van der Waals surface area contributed by atoms with Gasteiger partial charge in [-0.15, -0.1) is 0 Å². The Morgan fingerprint density at radius 1 is 1.09 bits per heavy atom. The molecule has 5 rings (SSSR count). The number of nitrogens with one attached hydrogen (secondary N) is 1. The molecule has 3 heterocycles. The minimum Gasteiger partial charge on any atom is -0.354 e. The van der Waals surface area contributed by atoms with Crippen LogP contribution in [0.25, 0.3) is 0 Å². The lowest BCUT2D eigenvalue weighted by molar-refractivity contribution is -0.138. The van der Waals surface area contributed by atoms with Crippen LogP contribution in [-0.2, 0) is 22.3 Å². The zero-order valence-corrected chi connectivity index (χ0v) is 19.0. The number of pyridine rings is 1. The Balaban J connectivity index is 1.42. The van der Waals surface area contributed by atoms with Crippen molar-refractivity contribution in [3.63, 3.8) is 0 Å². The molecule has 178 valence electrons. The summed E-state index contributed by atoms with van der Waals surface area (Å²) in [5.74, 6) is -0.326. The van der Waals surface area contributed by atoms with Gasteiger partial charge >= 0.3 is 6.18 Å². The van der Waals surface area contributed by atoms with Crippen molar-refractivity contribution < 1.29 is 22.8 Å². The number of hydrogen-bond donors (Lipinski definition) is 1. The maximum atomic E-state index is 13.5. The minimum absolute atomic E-state index is 0.0000955. The highest BCUT2D eigenvalue weighted by Crippen LogP contribution is 2.48. The van der Waals surface area contributed by atoms with E-state index in [1.807, 2.05) is 29.2 Å². The fraction of sp³-hybridized carbons (Fsp3) is 0.391. The number of halogens is 3. The molecule has 1 aromatic heterocycles. The monoisotopic (exact) mass is 489 g/mol. The third-order valence-corrected chi connectivity index (χ3v) is 6.99. The first-order valence-corrected chi connectivity index (χ1v) is 11.4. The summed E-state index contributed by atoms with van der Waals surface area (Å²) in [6.45, 7) is 2.34. The van der Waals surface area contributed by atoms with Crippen LogP contribution in [0, 0.1) is 0 Å². The Morgan fingerprint density at radius 2 is 1.82 bits per heavy atom. The van der Waals surface area contributed by atoms with Crippen LogP contribution in [0.4, 0.5) is 24.5 Å². The highest BCUT2D eigenvalue weighted by atomic mass is 32.1. The van der Waals surface area contributed by atoms with E-state index < -0.39 is 17.3 Å². The van der Waals surface area contributed by atoms with Gasteiger partial charge in [-0.1, -0.05) is 12.1 Å². The van der Waals surface area contributed by atoms with E-state index in [9.17, 15) is 22.8 Å². The first-order chi connectivity index (χ1) is 16.2. The largest absolute Gasteiger partial charge is 0.417 e. The summed E-state index contributed by atoms with van der Waals surface area (Å²) in [5, 5.41) is 2.94. The number of nitrogens with zero attached hydrogens (tertiary/aromatic N) is 4. The average Bonchev–Trinajstić information content (AvgIpc) is 3.01. The van der Waals surface area contributed by atoms with Crippen molar-refractivity contribution >= 4 is 40.5 Å². The van der Waals surface area contributed by atoms with E-state index >= 15 is 0 Å². The van der Waals surface area contributed by atoms with Gasteiger partial charge in [0.1, 0.15) is 5.54 Å². The molecule has 2 aromatic rings. The molecule has 2 saturated heterocycles. The molecule has 7 nitrogen and oxygen atoms in total. The van der Waals surface area contributed by atoms with Crippen molar-refractivity contribution in [2.24, 2.45) is 0 Å². The Kier molecular flexibility index (Phi) is 5.56. The van der Waals surface area contributed by atoms with Crippen molar-refractivity contribution in [1.82, 2.24) is 15.2 Å². The van der Waals surface area contributed by atoms with Gasteiger partial charge in [0.05, 0.1) is 24.0 Å². The lowest BCUT2D eigenvalue weighted by Gasteiger charge is -2.43. The van der Waals surface area contributed by atoms with E-state index in [4.69, 9.17) is 12.2 Å². The quantitative estimate of drug-likeness (QED) is 0.666. The predicted molar refractivity (Wildman–Crippen MR) is 123 cm³/mol. The summed E-state index contributed by atoms with van der Waals surface area (Å²) in [5.41, 5.74) is -0.0919. The van der Waals surface area contributed by atoms with Gasteiger partial charge in [0.15, 0.2) is 5.11 Å². The van der Waals surface area contributed by atoms with E-state index in [0.29, 0.717) is 38.2 Å². The van der Waals surface area contributed by atoms with Gasteiger partial charge in [-0.25, -0.2) is 0 Å². The third-order valence-electron chi connectivity index (χ3n) is 6.62. The van der Waals surface area contributed by atoms with Gasteiger partial charge in [0, 0.05) is 31.5 Å². The smallest absolute Gasteiger partial charge is 0.354 e. The number of benzene rings is 1. The van der Waals surface area contributed by atoms with Crippen LogP contribution < -0.4 is 15.1 Å². The summed E-state index contributed by atoms with van der Waals surface area (Å²) >= 11 is 5.63. The number of amides is 2. The summed E-state index contributed by atoms with van der Waals surface area (Å²) in [7, 11) is 0. The molecule has 0 unspecified atom stereocenters. The summed E-state index contributed by atoms with van der Waals surface area (Å²) in [6.07, 6.45) is -0.651. The van der Waals surface area contributed by atoms with Crippen molar-refractivity contribution in [1.29, 1.82) is 0 Å². The van der Waals surface area contributed by atoms with Crippen molar-refractivity contribution in [2.75, 3.05) is 29.4 Å². The molecule has 0 bridgehead atoms. The number of piperazine rings is 1. The van der Waals surface area contributed by atoms with E-state index in [1.54, 1.807) is 4.90 Å². The number of anilines is 2. The van der Waals surface area contributed by atoms with E-state index in [0.717, 1.165) is 30.8 Å². The van der Waals surface area contributed by atoms with Crippen LogP contribution >= 0.6 is 12.2 Å². The van der Waals surface area contributed by atoms with Crippen LogP contribution in [0.3, 0.4) is 0 Å². The highest BCUT2D eigenvalue weighted by Gasteiger charge is 2.59. The van der Waals surface area contributed by atoms with Crippen LogP contribution in [-0.4, -0.2) is 52.0 Å². The normalized spacial score (nSPS) is 20.6. The second-order valence-electron chi connectivity index (χ2n) is 8.80. The Labute approximate surface area is 199 Å². The van der Waals surface area contributed by atoms with Gasteiger partial charge in [0.25, 0.3) is 5.91 Å². The summed E-state index contributed by atoms with van der Waals surface area (Å²) in [4.78, 5) is 33.8. The fourth-order valence-electron chi connectivity index (χ4n) is 4.75. The second-order valence-corrected chi connectivity index (χ2v) is 9.17. The van der Waals surface area contributed by atoms with Gasteiger partial charge in [0.2, 0.25) is 5.91 Å². The maximum absolute atomic E-state index is 13.5. The van der Waals surface area contributed by atoms with E-state index in [-0.39, 0.29) is 22.6 Å². The number of aromatic nitrogens is 1. The summed E-state index contributed by atoms with van der Waals surface area (Å²) < 4.78 is 39.7. The highest BCUT2D eigenvalue weighted by molar-refractivity contribution is 7.81. The molecule has 1 aromatic carbocycles. The van der Waals surface area contributed by atoms with Crippen molar-refractivity contribution in [3.05, 3.63) is 53.9 Å². The van der Waals surface area contributed by atoms with Gasteiger partial charge < -0.3 is 10.2 Å². The molecular formula is C23H22F3N5O2S. The molecule has 1 N–H and O–H groups in total. The SMILES string of the molecule is O=C1CN(Cc2ccc(N3C(=S)N(c4cncc(C(F)(F)F)c4)C(=O)C34CCC4)cc2)CCN1. The average molecular weight is 490 g/mol. The Morgan fingerprint density at radius 3 is 2.44 bits per heavy atom. The molecule has 1 aliphatic carbocycles. The van der Waals surface area contributed by atoms with Crippen molar-refractivity contribution in [2.45, 2.75) is 37.5 Å². The molecule has 2 amide bonds. The van der Waals surface area contributed by atoms with Gasteiger partial charge in [-0.3, -0.25) is 24.4 Å². The van der Waals surface area contributed by atoms with Crippen molar-refractivity contribution in [3.8, 4) is 0 Å². The number of thiocarbonyl (C=S) groups is 1. The lowest BCUT2D eigenvalue weighted by atomic mass is 9.75. The second kappa shape index (κ2) is 8.31. The molecule has 1 saturated carbocycles. The number of hydrogen-bond acceptors (Lipinski definition) is 5. The van der Waals surface area contributed by atoms with Crippen LogP contribution in [0.15, 0.2) is 42.7 Å². The minimum atomic E-state index is -4.58. The fourth-order valence-corrected chi connectivity index (χ4v) is 5.22. The maximum Gasteiger partial charge on any atom is 0.417 e. The third kappa shape index (κ3) is 3.82. The number of carbonyl (C=O) groups excluding carboxylic acids is 2. The molecule has 0 radical (unpaired) electrons. The standard InChI is InChI=1S/C23H22F3N5O2S/c24-23(25,26)16-10-18(12-27-11-16)30-20(33)22(6-1-7-22)31(21(30)34)17-4-2-15(3-5-17)13-29-9-8-28-19(32)14-29/h2-5,10-12H,1,6-9,13-14H2,(H,28,32). The first kappa shape index (κ1) is 22.7. The van der Waals surface area contributed by atoms with Crippen LogP contribution in [0.5, 0.6) is 0 Å². The zero-order valence-electron chi connectivity index (χ0n) is 18.1. The van der Waals surface area contributed by atoms with E-state index in [2.05, 4.69) is 10.3 Å². The molecule has 34 heavy (non-hydrogen) atoms. The molecular weight excluding hydrogens is 467 g/mol. The van der Waals surface area contributed by atoms with Crippen LogP contribution in [0.2, 0.25) is 0 Å². The summed E-state index contributed by atoms with van der Waals surface area (Å²) in [6, 6.07) is 8.50. The van der Waals surface area contributed by atoms with Gasteiger partial charge in [-0.2, -0.15) is 13.2 Å². The molecule has 0 atom stereocenters.